The molecule has 1 aliphatic carbocycles. The molecule has 2 rings (SSSR count). The lowest BCUT2D eigenvalue weighted by Crippen LogP contribution is -2.37. The minimum absolute atomic E-state index is 0.140. The van der Waals surface area contributed by atoms with Gasteiger partial charge in [-0.1, -0.05) is 0 Å². The molecule has 1 heterocycles. The number of nitriles is 1. The van der Waals surface area contributed by atoms with Crippen LogP contribution in [0.4, 0.5) is 0 Å². The molecule has 1 amide bonds. The number of furan rings is 1. The lowest BCUT2D eigenvalue weighted by molar-refractivity contribution is 0.0894. The van der Waals surface area contributed by atoms with Crippen molar-refractivity contribution in [1.82, 2.24) is 5.32 Å². The summed E-state index contributed by atoms with van der Waals surface area (Å²) in [6.07, 6.45) is 6.10. The third-order valence-electron chi connectivity index (χ3n) is 3.31. The van der Waals surface area contributed by atoms with Crippen LogP contribution in [0.2, 0.25) is 0 Å². The van der Waals surface area contributed by atoms with Gasteiger partial charge < -0.3 is 9.73 Å². The van der Waals surface area contributed by atoms with E-state index in [0.717, 1.165) is 25.7 Å². The first-order valence-corrected chi connectivity index (χ1v) is 6.01. The molecule has 0 saturated heterocycles. The smallest absolute Gasteiger partial charge is 0.287 e. The molecule has 1 saturated carbocycles. The molecule has 1 aromatic rings. The molecule has 0 aliphatic heterocycles. The number of amides is 1. The topological polar surface area (TPSA) is 66.0 Å². The van der Waals surface area contributed by atoms with Crippen molar-refractivity contribution in [3.8, 4) is 6.07 Å². The first-order valence-electron chi connectivity index (χ1n) is 6.01. The Labute approximate surface area is 101 Å². The van der Waals surface area contributed by atoms with Crippen LogP contribution in [-0.4, -0.2) is 11.9 Å². The Kier molecular flexibility index (Phi) is 3.81. The van der Waals surface area contributed by atoms with Gasteiger partial charge in [-0.2, -0.15) is 5.26 Å². The lowest BCUT2D eigenvalue weighted by Gasteiger charge is -2.27. The summed E-state index contributed by atoms with van der Waals surface area (Å²) in [4.78, 5) is 11.7. The minimum Gasteiger partial charge on any atom is -0.459 e. The van der Waals surface area contributed by atoms with Crippen molar-refractivity contribution in [3.63, 3.8) is 0 Å². The number of nitrogens with zero attached hydrogens (tertiary/aromatic N) is 1. The van der Waals surface area contributed by atoms with E-state index in [1.165, 1.54) is 6.26 Å². The quantitative estimate of drug-likeness (QED) is 0.870. The summed E-state index contributed by atoms with van der Waals surface area (Å²) >= 11 is 0. The Morgan fingerprint density at radius 1 is 1.47 bits per heavy atom. The van der Waals surface area contributed by atoms with E-state index in [4.69, 9.17) is 9.68 Å². The van der Waals surface area contributed by atoms with Gasteiger partial charge in [0.2, 0.25) is 0 Å². The molecule has 0 spiro atoms. The summed E-state index contributed by atoms with van der Waals surface area (Å²) in [6.45, 7) is 0. The van der Waals surface area contributed by atoms with Crippen molar-refractivity contribution >= 4 is 5.91 Å². The molecule has 1 fully saturated rings. The number of carbonyl (C=O) groups is 1. The highest BCUT2D eigenvalue weighted by Crippen LogP contribution is 2.26. The monoisotopic (exact) mass is 232 g/mol. The zero-order valence-corrected chi connectivity index (χ0v) is 9.69. The number of hydrogen-bond donors (Lipinski definition) is 1. The summed E-state index contributed by atoms with van der Waals surface area (Å²) < 4.78 is 5.04. The molecule has 4 heteroatoms. The molecule has 90 valence electrons. The second-order valence-corrected chi connectivity index (χ2v) is 4.53. The van der Waals surface area contributed by atoms with Gasteiger partial charge in [0.25, 0.3) is 5.91 Å². The van der Waals surface area contributed by atoms with Crippen molar-refractivity contribution in [3.05, 3.63) is 24.2 Å². The van der Waals surface area contributed by atoms with Crippen LogP contribution < -0.4 is 5.32 Å². The van der Waals surface area contributed by atoms with Crippen LogP contribution in [0.3, 0.4) is 0 Å². The Bertz CT molecular complexity index is 398. The fourth-order valence-electron chi connectivity index (χ4n) is 2.30. The summed E-state index contributed by atoms with van der Waals surface area (Å²) in [5, 5.41) is 11.6. The zero-order valence-electron chi connectivity index (χ0n) is 9.69. The van der Waals surface area contributed by atoms with E-state index < -0.39 is 0 Å². The van der Waals surface area contributed by atoms with E-state index in [0.29, 0.717) is 18.1 Å². The molecule has 1 aliphatic rings. The summed E-state index contributed by atoms with van der Waals surface area (Å²) in [5.74, 6) is 0.736. The summed E-state index contributed by atoms with van der Waals surface area (Å²) in [6, 6.07) is 5.81. The van der Waals surface area contributed by atoms with Crippen molar-refractivity contribution in [2.75, 3.05) is 0 Å². The van der Waals surface area contributed by atoms with Gasteiger partial charge in [-0.3, -0.25) is 4.79 Å². The van der Waals surface area contributed by atoms with Crippen LogP contribution in [-0.2, 0) is 0 Å². The number of nitrogens with one attached hydrogen (secondary N) is 1. The van der Waals surface area contributed by atoms with Gasteiger partial charge in [-0.15, -0.1) is 0 Å². The van der Waals surface area contributed by atoms with E-state index >= 15 is 0 Å². The van der Waals surface area contributed by atoms with E-state index in [1.807, 2.05) is 0 Å². The van der Waals surface area contributed by atoms with Gasteiger partial charge in [0.1, 0.15) is 0 Å². The van der Waals surface area contributed by atoms with Gasteiger partial charge in [0.15, 0.2) is 5.76 Å². The van der Waals surface area contributed by atoms with Crippen molar-refractivity contribution in [1.29, 1.82) is 5.26 Å². The number of carbonyl (C=O) groups excluding carboxylic acids is 1. The summed E-state index contributed by atoms with van der Waals surface area (Å²) in [5.41, 5.74) is 0. The Balaban J connectivity index is 1.79. The van der Waals surface area contributed by atoms with Gasteiger partial charge >= 0.3 is 0 Å². The zero-order chi connectivity index (χ0) is 12.1. The summed E-state index contributed by atoms with van der Waals surface area (Å²) in [7, 11) is 0. The van der Waals surface area contributed by atoms with Crippen LogP contribution in [0.25, 0.3) is 0 Å². The highest BCUT2D eigenvalue weighted by molar-refractivity contribution is 5.91. The molecular formula is C13H16N2O2. The largest absolute Gasteiger partial charge is 0.459 e. The fourth-order valence-corrected chi connectivity index (χ4v) is 2.30. The average Bonchev–Trinajstić information content (AvgIpc) is 2.86. The van der Waals surface area contributed by atoms with Gasteiger partial charge in [-0.25, -0.2) is 0 Å². The lowest BCUT2D eigenvalue weighted by atomic mass is 9.84. The predicted molar refractivity (Wildman–Crippen MR) is 62.2 cm³/mol. The van der Waals surface area contributed by atoms with Crippen molar-refractivity contribution < 1.29 is 9.21 Å². The normalized spacial score (nSPS) is 23.9. The van der Waals surface area contributed by atoms with Crippen LogP contribution in [0.1, 0.15) is 42.7 Å². The molecule has 0 bridgehead atoms. The van der Waals surface area contributed by atoms with Crippen LogP contribution >= 0.6 is 0 Å². The highest BCUT2D eigenvalue weighted by Gasteiger charge is 2.23. The first-order chi connectivity index (χ1) is 8.29. The van der Waals surface area contributed by atoms with E-state index in [1.54, 1.807) is 12.1 Å². The Hall–Kier alpha value is -1.76. The average molecular weight is 232 g/mol. The first kappa shape index (κ1) is 11.7. The maximum absolute atomic E-state index is 11.7. The number of rotatable bonds is 3. The van der Waals surface area contributed by atoms with E-state index in [2.05, 4.69) is 11.4 Å². The molecule has 1 aromatic heterocycles. The third-order valence-corrected chi connectivity index (χ3v) is 3.31. The predicted octanol–water partition coefficient (Wildman–Crippen LogP) is 2.48. The maximum atomic E-state index is 11.7. The standard InChI is InChI=1S/C13H16N2O2/c14-8-7-10-3-5-11(6-4-10)15-13(16)12-2-1-9-17-12/h1-2,9-11H,3-7H2,(H,15,16). The highest BCUT2D eigenvalue weighted by atomic mass is 16.3. The Morgan fingerprint density at radius 3 is 2.82 bits per heavy atom. The van der Waals surface area contributed by atoms with Crippen LogP contribution in [0.5, 0.6) is 0 Å². The molecule has 0 radical (unpaired) electrons. The van der Waals surface area contributed by atoms with Crippen molar-refractivity contribution in [2.45, 2.75) is 38.1 Å². The molecule has 1 N–H and O–H groups in total. The minimum atomic E-state index is -0.140. The molecule has 0 atom stereocenters. The second kappa shape index (κ2) is 5.53. The van der Waals surface area contributed by atoms with E-state index in [9.17, 15) is 4.79 Å². The van der Waals surface area contributed by atoms with Crippen LogP contribution in [0, 0.1) is 17.2 Å². The van der Waals surface area contributed by atoms with Gasteiger partial charge in [0.05, 0.1) is 12.3 Å². The molecule has 0 aromatic carbocycles. The number of hydrogen-bond acceptors (Lipinski definition) is 3. The third kappa shape index (κ3) is 3.10. The Morgan fingerprint density at radius 2 is 2.24 bits per heavy atom. The van der Waals surface area contributed by atoms with Gasteiger partial charge in [-0.05, 0) is 43.7 Å². The molecule has 17 heavy (non-hydrogen) atoms. The molecule has 0 unspecified atom stereocenters. The van der Waals surface area contributed by atoms with Crippen LogP contribution in [0.15, 0.2) is 22.8 Å². The van der Waals surface area contributed by atoms with Crippen molar-refractivity contribution in [2.24, 2.45) is 5.92 Å². The molecular weight excluding hydrogens is 216 g/mol. The fraction of sp³-hybridized carbons (Fsp3) is 0.538. The van der Waals surface area contributed by atoms with Gasteiger partial charge in [0, 0.05) is 12.5 Å². The second-order valence-electron chi connectivity index (χ2n) is 4.53. The molecule has 4 nitrogen and oxygen atoms in total. The van der Waals surface area contributed by atoms with E-state index in [-0.39, 0.29) is 11.9 Å². The SMILES string of the molecule is N#CCC1CCC(NC(=O)c2ccco2)CC1. The maximum Gasteiger partial charge on any atom is 0.287 e.